The lowest BCUT2D eigenvalue weighted by Gasteiger charge is -2.25. The number of thiazole rings is 1. The summed E-state index contributed by atoms with van der Waals surface area (Å²) in [5, 5.41) is 12.3. The fraction of sp³-hybridized carbons (Fsp3) is 0.258. The number of ether oxygens (including phenoxy) is 3. The molecule has 0 aliphatic carbocycles. The SMILES string of the molecule is CCCC1=C(C(=O)OCC)[C@H](c2ccc3c(c2)OCO3)n2c(s/c(=C/c3ccc(Sc4nc(C)cc(=O)[nH]4)c([N+](=O)[O-])c3)c2=O)=N1. The molecule has 0 saturated carbocycles. The Kier molecular flexibility index (Phi) is 8.60. The number of aromatic amines is 1. The van der Waals surface area contributed by atoms with Gasteiger partial charge in [-0.05, 0) is 67.4 Å². The quantitative estimate of drug-likeness (QED) is 0.121. The Morgan fingerprint density at radius 3 is 2.74 bits per heavy atom. The number of aryl methyl sites for hydroxylation is 1. The molecule has 0 amide bonds. The average Bonchev–Trinajstić information content (AvgIpc) is 3.60. The third-order valence-electron chi connectivity index (χ3n) is 7.14. The molecule has 0 radical (unpaired) electrons. The monoisotopic (exact) mass is 661 g/mol. The maximum absolute atomic E-state index is 14.1. The first-order chi connectivity index (χ1) is 22.2. The Hall–Kier alpha value is -5.02. The van der Waals surface area contributed by atoms with Gasteiger partial charge < -0.3 is 19.2 Å². The van der Waals surface area contributed by atoms with Crippen molar-refractivity contribution in [2.45, 2.75) is 49.7 Å². The summed E-state index contributed by atoms with van der Waals surface area (Å²) in [6, 6.07) is 10.3. The number of hydrogen-bond donors (Lipinski definition) is 1. The summed E-state index contributed by atoms with van der Waals surface area (Å²) in [5.74, 6) is 0.478. The van der Waals surface area contributed by atoms with E-state index < -0.39 is 22.5 Å². The number of carbonyl (C=O) groups is 1. The number of rotatable bonds is 9. The lowest BCUT2D eigenvalue weighted by atomic mass is 9.94. The zero-order chi connectivity index (χ0) is 32.5. The van der Waals surface area contributed by atoms with Gasteiger partial charge in [-0.15, -0.1) is 0 Å². The van der Waals surface area contributed by atoms with Crippen LogP contribution in [0.5, 0.6) is 11.5 Å². The molecule has 0 bridgehead atoms. The molecule has 2 aromatic heterocycles. The number of esters is 1. The van der Waals surface area contributed by atoms with Crippen molar-refractivity contribution in [2.75, 3.05) is 13.4 Å². The highest BCUT2D eigenvalue weighted by molar-refractivity contribution is 7.99. The van der Waals surface area contributed by atoms with Gasteiger partial charge in [0, 0.05) is 17.8 Å². The number of benzene rings is 2. The molecular weight excluding hydrogens is 635 g/mol. The highest BCUT2D eigenvalue weighted by Crippen LogP contribution is 2.39. The minimum atomic E-state index is -0.856. The fourth-order valence-electron chi connectivity index (χ4n) is 5.23. The molecule has 2 aliphatic rings. The van der Waals surface area contributed by atoms with Gasteiger partial charge in [0.2, 0.25) is 6.79 Å². The number of nitrogens with one attached hydrogen (secondary N) is 1. The predicted octanol–water partition coefficient (Wildman–Crippen LogP) is 3.76. The van der Waals surface area contributed by atoms with Gasteiger partial charge >= 0.3 is 5.97 Å². The van der Waals surface area contributed by atoms with Gasteiger partial charge in [-0.3, -0.25) is 24.3 Å². The van der Waals surface area contributed by atoms with E-state index in [1.165, 1.54) is 16.7 Å². The van der Waals surface area contributed by atoms with Crippen LogP contribution >= 0.6 is 23.1 Å². The Labute approximate surface area is 269 Å². The zero-order valence-electron chi connectivity index (χ0n) is 24.9. The molecule has 2 aliphatic heterocycles. The van der Waals surface area contributed by atoms with Crippen molar-refractivity contribution < 1.29 is 23.9 Å². The van der Waals surface area contributed by atoms with E-state index in [2.05, 4.69) is 9.97 Å². The number of fused-ring (bicyclic) bond motifs is 2. The second-order valence-corrected chi connectivity index (χ2v) is 12.3. The molecule has 0 saturated heterocycles. The molecule has 46 heavy (non-hydrogen) atoms. The molecule has 2 aromatic carbocycles. The van der Waals surface area contributed by atoms with Crippen LogP contribution < -0.4 is 29.9 Å². The molecule has 236 valence electrons. The van der Waals surface area contributed by atoms with Crippen LogP contribution in [0.2, 0.25) is 0 Å². The lowest BCUT2D eigenvalue weighted by molar-refractivity contribution is -0.387. The molecule has 15 heteroatoms. The van der Waals surface area contributed by atoms with Crippen molar-refractivity contribution >= 4 is 40.8 Å². The van der Waals surface area contributed by atoms with Gasteiger partial charge in [0.25, 0.3) is 16.8 Å². The van der Waals surface area contributed by atoms with Gasteiger partial charge in [0.05, 0.1) is 38.3 Å². The van der Waals surface area contributed by atoms with E-state index in [0.29, 0.717) is 51.7 Å². The molecule has 4 aromatic rings. The normalized spacial score (nSPS) is 15.5. The van der Waals surface area contributed by atoms with Gasteiger partial charge in [0.15, 0.2) is 21.5 Å². The third-order valence-corrected chi connectivity index (χ3v) is 9.07. The second-order valence-electron chi connectivity index (χ2n) is 10.3. The highest BCUT2D eigenvalue weighted by atomic mass is 32.2. The van der Waals surface area contributed by atoms with Gasteiger partial charge in [0.1, 0.15) is 0 Å². The van der Waals surface area contributed by atoms with Gasteiger partial charge in [-0.2, -0.15) is 0 Å². The predicted molar refractivity (Wildman–Crippen MR) is 169 cm³/mol. The van der Waals surface area contributed by atoms with E-state index in [-0.39, 0.29) is 44.8 Å². The van der Waals surface area contributed by atoms with Crippen LogP contribution in [-0.4, -0.2) is 38.8 Å². The summed E-state index contributed by atoms with van der Waals surface area (Å²) >= 11 is 2.08. The molecule has 4 heterocycles. The maximum atomic E-state index is 14.1. The van der Waals surface area contributed by atoms with E-state index in [9.17, 15) is 24.5 Å². The first-order valence-corrected chi connectivity index (χ1v) is 16.0. The average molecular weight is 662 g/mol. The number of hydrogen-bond acceptors (Lipinski definition) is 12. The number of H-pyrrole nitrogens is 1. The molecule has 0 spiro atoms. The number of aromatic nitrogens is 3. The molecule has 1 N–H and O–H groups in total. The Morgan fingerprint density at radius 2 is 2.00 bits per heavy atom. The molecule has 0 fully saturated rings. The molecule has 13 nitrogen and oxygen atoms in total. The standard InChI is InChI=1S/C31H27N5O8S2/c1-4-6-19-26(29(39)42-5-2)27(18-8-9-21-22(14-18)44-15-43-21)35-28(38)24(46-31(35)33-19)13-17-7-10-23(20(12-17)36(40)41)45-30-32-16(3)11-25(37)34-30/h7-14,27H,4-6,15H2,1-3H3,(H,32,34,37)/b24-13+/t27-/m0/s1. The van der Waals surface area contributed by atoms with Crippen LogP contribution in [0.25, 0.3) is 6.08 Å². The first kappa shape index (κ1) is 31.0. The summed E-state index contributed by atoms with van der Waals surface area (Å²) < 4.78 is 18.2. The summed E-state index contributed by atoms with van der Waals surface area (Å²) in [5.41, 5.74) is 1.28. The zero-order valence-corrected chi connectivity index (χ0v) is 26.5. The summed E-state index contributed by atoms with van der Waals surface area (Å²) in [6.07, 6.45) is 2.74. The van der Waals surface area contributed by atoms with E-state index in [1.807, 2.05) is 6.92 Å². The van der Waals surface area contributed by atoms with Crippen LogP contribution in [0, 0.1) is 17.0 Å². The molecule has 1 atom stereocenters. The smallest absolute Gasteiger partial charge is 0.338 e. The van der Waals surface area contributed by atoms with Gasteiger partial charge in [-0.1, -0.05) is 36.8 Å². The number of nitro groups is 1. The number of carbonyl (C=O) groups excluding carboxylic acids is 1. The van der Waals surface area contributed by atoms with E-state index in [4.69, 9.17) is 19.2 Å². The summed E-state index contributed by atoms with van der Waals surface area (Å²) in [4.78, 5) is 63.1. The van der Waals surface area contributed by atoms with Crippen LogP contribution in [0.3, 0.4) is 0 Å². The van der Waals surface area contributed by atoms with Crippen molar-refractivity contribution in [3.8, 4) is 11.5 Å². The van der Waals surface area contributed by atoms with Crippen LogP contribution in [-0.2, 0) is 9.53 Å². The summed E-state index contributed by atoms with van der Waals surface area (Å²) in [7, 11) is 0. The lowest BCUT2D eigenvalue weighted by Crippen LogP contribution is -2.40. The Balaban J connectivity index is 1.48. The first-order valence-electron chi connectivity index (χ1n) is 14.3. The van der Waals surface area contributed by atoms with Crippen LogP contribution in [0.15, 0.2) is 78.4 Å². The summed E-state index contributed by atoms with van der Waals surface area (Å²) in [6.45, 7) is 5.54. The second kappa shape index (κ2) is 12.8. The minimum absolute atomic E-state index is 0.0616. The van der Waals surface area contributed by atoms with Crippen LogP contribution in [0.4, 0.5) is 5.69 Å². The largest absolute Gasteiger partial charge is 0.463 e. The molecule has 6 rings (SSSR count). The van der Waals surface area contributed by atoms with E-state index in [1.54, 1.807) is 50.3 Å². The van der Waals surface area contributed by atoms with Crippen molar-refractivity contribution in [1.29, 1.82) is 0 Å². The molecule has 0 unspecified atom stereocenters. The van der Waals surface area contributed by atoms with Crippen molar-refractivity contribution in [3.63, 3.8) is 0 Å². The third kappa shape index (κ3) is 5.98. The Bertz CT molecular complexity index is 2170. The minimum Gasteiger partial charge on any atom is -0.463 e. The van der Waals surface area contributed by atoms with Crippen molar-refractivity contribution in [3.05, 3.63) is 111 Å². The van der Waals surface area contributed by atoms with Crippen LogP contribution in [0.1, 0.15) is 49.6 Å². The number of nitro benzene ring substituents is 1. The topological polar surface area (TPSA) is 168 Å². The van der Waals surface area contributed by atoms with Crippen molar-refractivity contribution in [2.24, 2.45) is 4.99 Å². The number of nitrogens with zero attached hydrogens (tertiary/aromatic N) is 4. The number of allylic oxidation sites excluding steroid dienone is 1. The molecular formula is C31H27N5O8S2. The Morgan fingerprint density at radius 1 is 1.20 bits per heavy atom. The van der Waals surface area contributed by atoms with Crippen molar-refractivity contribution in [1.82, 2.24) is 14.5 Å². The highest BCUT2D eigenvalue weighted by Gasteiger charge is 2.35. The van der Waals surface area contributed by atoms with E-state index in [0.717, 1.165) is 23.1 Å². The van der Waals surface area contributed by atoms with Gasteiger partial charge in [-0.25, -0.2) is 14.8 Å². The maximum Gasteiger partial charge on any atom is 0.338 e. The van der Waals surface area contributed by atoms with E-state index >= 15 is 0 Å². The fourth-order valence-corrected chi connectivity index (χ4v) is 7.17.